The Labute approximate surface area is 134 Å². The number of hydrogen-bond acceptors (Lipinski definition) is 3. The van der Waals surface area contributed by atoms with Gasteiger partial charge in [0.2, 0.25) is 0 Å². The van der Waals surface area contributed by atoms with Gasteiger partial charge in [0.05, 0.1) is 18.7 Å². The second-order valence-electron chi connectivity index (χ2n) is 4.15. The molecule has 0 heterocycles. The maximum Gasteiger partial charge on any atom is 0.133 e. The summed E-state index contributed by atoms with van der Waals surface area (Å²) in [6.07, 6.45) is -0.803. The van der Waals surface area contributed by atoms with Crippen molar-refractivity contribution in [2.24, 2.45) is 0 Å². The maximum atomic E-state index is 10.6. The highest BCUT2D eigenvalue weighted by Crippen LogP contribution is 2.39. The van der Waals surface area contributed by atoms with E-state index in [0.717, 1.165) is 14.5 Å². The van der Waals surface area contributed by atoms with Crippen LogP contribution in [0.5, 0.6) is 11.5 Å². The van der Waals surface area contributed by atoms with Crippen LogP contribution >= 0.6 is 31.9 Å². The van der Waals surface area contributed by atoms with Gasteiger partial charge in [0.15, 0.2) is 0 Å². The lowest BCUT2D eigenvalue weighted by atomic mass is 10.0. The van der Waals surface area contributed by atoms with Gasteiger partial charge in [-0.3, -0.25) is 0 Å². The van der Waals surface area contributed by atoms with Crippen LogP contribution in [-0.2, 0) is 0 Å². The average molecular weight is 402 g/mol. The lowest BCUT2D eigenvalue weighted by Gasteiger charge is -2.18. The van der Waals surface area contributed by atoms with E-state index < -0.39 is 6.10 Å². The molecule has 2 rings (SSSR count). The molecule has 20 heavy (non-hydrogen) atoms. The van der Waals surface area contributed by atoms with E-state index in [9.17, 15) is 5.11 Å². The van der Waals surface area contributed by atoms with Crippen molar-refractivity contribution in [1.29, 1.82) is 0 Å². The monoisotopic (exact) mass is 400 g/mol. The number of methoxy groups -OCH3 is 2. The summed E-state index contributed by atoms with van der Waals surface area (Å²) < 4.78 is 12.2. The summed E-state index contributed by atoms with van der Waals surface area (Å²) in [5.74, 6) is 1.24. The van der Waals surface area contributed by atoms with Gasteiger partial charge in [-0.25, -0.2) is 0 Å². The van der Waals surface area contributed by atoms with Crippen LogP contribution in [-0.4, -0.2) is 19.3 Å². The lowest BCUT2D eigenvalue weighted by Crippen LogP contribution is -2.04. The Kier molecular flexibility index (Phi) is 5.07. The highest BCUT2D eigenvalue weighted by Gasteiger charge is 2.20. The molecule has 0 aliphatic carbocycles. The van der Waals surface area contributed by atoms with Gasteiger partial charge in [-0.2, -0.15) is 0 Å². The summed E-state index contributed by atoms with van der Waals surface area (Å²) in [6.45, 7) is 0. The predicted molar refractivity (Wildman–Crippen MR) is 85.4 cm³/mol. The Bertz CT molecular complexity index is 614. The van der Waals surface area contributed by atoms with Crippen LogP contribution in [0.1, 0.15) is 17.2 Å². The molecule has 2 aromatic rings. The number of aliphatic hydroxyl groups is 1. The van der Waals surface area contributed by atoms with E-state index in [1.165, 1.54) is 0 Å². The van der Waals surface area contributed by atoms with Crippen molar-refractivity contribution in [2.45, 2.75) is 6.10 Å². The van der Waals surface area contributed by atoms with Gasteiger partial charge in [0.1, 0.15) is 17.6 Å². The Morgan fingerprint density at radius 3 is 2.15 bits per heavy atom. The van der Waals surface area contributed by atoms with Crippen molar-refractivity contribution in [1.82, 2.24) is 0 Å². The normalized spacial score (nSPS) is 12.1. The van der Waals surface area contributed by atoms with Crippen molar-refractivity contribution >= 4 is 31.9 Å². The average Bonchev–Trinajstić information content (AvgIpc) is 2.46. The van der Waals surface area contributed by atoms with Crippen LogP contribution in [0.25, 0.3) is 0 Å². The first-order chi connectivity index (χ1) is 9.58. The Hall–Kier alpha value is -1.04. The molecule has 3 nitrogen and oxygen atoms in total. The molecule has 0 radical (unpaired) electrons. The third-order valence-electron chi connectivity index (χ3n) is 3.00. The van der Waals surface area contributed by atoms with Crippen LogP contribution in [0, 0.1) is 0 Å². The molecule has 1 atom stereocenters. The molecule has 0 aromatic heterocycles. The summed E-state index contributed by atoms with van der Waals surface area (Å²) in [7, 11) is 3.16. The molecule has 0 fully saturated rings. The molecule has 0 amide bonds. The van der Waals surface area contributed by atoms with E-state index in [1.54, 1.807) is 26.4 Å². The standard InChI is InChI=1S/C15H14Br2O3/c1-19-13-8-12(17)14(20-2)7-10(13)15(18)9-5-3-4-6-11(9)16/h3-8,15,18H,1-2H3. The summed E-state index contributed by atoms with van der Waals surface area (Å²) in [6, 6.07) is 11.1. The smallest absolute Gasteiger partial charge is 0.133 e. The Balaban J connectivity index is 2.53. The highest BCUT2D eigenvalue weighted by atomic mass is 79.9. The molecule has 0 aliphatic rings. The van der Waals surface area contributed by atoms with Crippen LogP contribution in [0.4, 0.5) is 0 Å². The SMILES string of the molecule is COc1cc(C(O)c2ccccc2Br)c(OC)cc1Br. The van der Waals surface area contributed by atoms with Gasteiger partial charge < -0.3 is 14.6 Å². The van der Waals surface area contributed by atoms with E-state index in [4.69, 9.17) is 9.47 Å². The molecule has 106 valence electrons. The minimum atomic E-state index is -0.803. The van der Waals surface area contributed by atoms with E-state index in [1.807, 2.05) is 24.3 Å². The molecular formula is C15H14Br2O3. The zero-order valence-corrected chi connectivity index (χ0v) is 14.2. The second-order valence-corrected chi connectivity index (χ2v) is 5.86. The first-order valence-electron chi connectivity index (χ1n) is 5.92. The lowest BCUT2D eigenvalue weighted by molar-refractivity contribution is 0.213. The van der Waals surface area contributed by atoms with E-state index in [0.29, 0.717) is 17.1 Å². The van der Waals surface area contributed by atoms with Gasteiger partial charge in [0.25, 0.3) is 0 Å². The van der Waals surface area contributed by atoms with Crippen LogP contribution < -0.4 is 9.47 Å². The molecule has 0 bridgehead atoms. The van der Waals surface area contributed by atoms with Crippen molar-refractivity contribution in [3.63, 3.8) is 0 Å². The van der Waals surface area contributed by atoms with Crippen molar-refractivity contribution in [2.75, 3.05) is 14.2 Å². The first kappa shape index (κ1) is 15.4. The minimum absolute atomic E-state index is 0.598. The van der Waals surface area contributed by atoms with E-state index in [-0.39, 0.29) is 0 Å². The van der Waals surface area contributed by atoms with Gasteiger partial charge in [-0.1, -0.05) is 34.1 Å². The van der Waals surface area contributed by atoms with Crippen molar-refractivity contribution < 1.29 is 14.6 Å². The molecule has 0 saturated heterocycles. The molecular weight excluding hydrogens is 388 g/mol. The number of benzene rings is 2. The largest absolute Gasteiger partial charge is 0.496 e. The Morgan fingerprint density at radius 2 is 1.55 bits per heavy atom. The zero-order chi connectivity index (χ0) is 14.7. The van der Waals surface area contributed by atoms with Gasteiger partial charge in [0, 0.05) is 10.0 Å². The maximum absolute atomic E-state index is 10.6. The number of hydrogen-bond donors (Lipinski definition) is 1. The second kappa shape index (κ2) is 6.61. The van der Waals surface area contributed by atoms with Gasteiger partial charge >= 0.3 is 0 Å². The van der Waals surface area contributed by atoms with E-state index in [2.05, 4.69) is 31.9 Å². The van der Waals surface area contributed by atoms with Crippen LogP contribution in [0.3, 0.4) is 0 Å². The van der Waals surface area contributed by atoms with Crippen molar-refractivity contribution in [3.8, 4) is 11.5 Å². The number of aliphatic hydroxyl groups excluding tert-OH is 1. The number of rotatable bonds is 4. The van der Waals surface area contributed by atoms with E-state index >= 15 is 0 Å². The van der Waals surface area contributed by atoms with Gasteiger partial charge in [-0.15, -0.1) is 0 Å². The number of halogens is 2. The van der Waals surface area contributed by atoms with Crippen LogP contribution in [0.2, 0.25) is 0 Å². The fourth-order valence-electron chi connectivity index (χ4n) is 1.96. The van der Waals surface area contributed by atoms with Crippen molar-refractivity contribution in [3.05, 3.63) is 56.5 Å². The summed E-state index contributed by atoms with van der Waals surface area (Å²) in [5, 5.41) is 10.6. The first-order valence-corrected chi connectivity index (χ1v) is 7.51. The summed E-state index contributed by atoms with van der Waals surface area (Å²) >= 11 is 6.86. The topological polar surface area (TPSA) is 38.7 Å². The molecule has 1 N–H and O–H groups in total. The summed E-state index contributed by atoms with van der Waals surface area (Å²) in [4.78, 5) is 0. The quantitative estimate of drug-likeness (QED) is 0.829. The molecule has 0 saturated carbocycles. The fourth-order valence-corrected chi connectivity index (χ4v) is 2.95. The molecule has 1 unspecified atom stereocenters. The Morgan fingerprint density at radius 1 is 0.900 bits per heavy atom. The fraction of sp³-hybridized carbons (Fsp3) is 0.200. The zero-order valence-electron chi connectivity index (χ0n) is 11.1. The molecule has 2 aromatic carbocycles. The highest BCUT2D eigenvalue weighted by molar-refractivity contribution is 9.10. The molecule has 5 heteroatoms. The molecule has 0 aliphatic heterocycles. The van der Waals surface area contributed by atoms with Crippen LogP contribution in [0.15, 0.2) is 45.3 Å². The third kappa shape index (κ3) is 3.00. The predicted octanol–water partition coefficient (Wildman–Crippen LogP) is 4.31. The molecule has 0 spiro atoms. The summed E-state index contributed by atoms with van der Waals surface area (Å²) in [5.41, 5.74) is 1.43. The third-order valence-corrected chi connectivity index (χ3v) is 4.34. The minimum Gasteiger partial charge on any atom is -0.496 e. The van der Waals surface area contributed by atoms with Gasteiger partial charge in [-0.05, 0) is 39.7 Å². The number of ether oxygens (including phenoxy) is 2.